The molecule has 6 heterocycles. The summed E-state index contributed by atoms with van der Waals surface area (Å²) in [4.78, 5) is 33.2. The molecular weight excluding hydrogens is 1590 g/mol. The molecule has 0 aliphatic heterocycles. The fourth-order valence-electron chi connectivity index (χ4n) is 18.7. The Morgan fingerprint density at radius 3 is 0.892 bits per heavy atom. The number of fused-ring (bicyclic) bond motifs is 9. The number of imidazole rings is 3. The Labute approximate surface area is 788 Å². The monoisotopic (exact) mass is 1760 g/mol. The molecule has 0 fully saturated rings. The summed E-state index contributed by atoms with van der Waals surface area (Å²) in [7, 11) is 0. The topological polar surface area (TPSA) is 145 Å². The summed E-state index contributed by atoms with van der Waals surface area (Å²) in [5, 5.41) is 10.9. The maximum atomic E-state index is 6.42. The lowest BCUT2D eigenvalue weighted by atomic mass is 9.89. The van der Waals surface area contributed by atoms with Crippen LogP contribution in [0, 0.1) is 10.8 Å². The molecule has 12 aromatic rings. The molecule has 708 valence electrons. The lowest BCUT2D eigenvalue weighted by Gasteiger charge is -2.36. The van der Waals surface area contributed by atoms with Gasteiger partial charge in [0.15, 0.2) is 5.82 Å². The van der Waals surface area contributed by atoms with Crippen molar-refractivity contribution >= 4 is 71.6 Å². The standard InChI is InChI=1S/C40H60N4.C39H58N4.C38H57N5/c1-6-8-10-11-12-13-14-15-16-17-20-28-41-30-32-24-26-33(27-25-32)31-44-37(23-9-7-2)43-38-36(29-40(3,4)5)42-35-22-19-18-21-34(35)39(38)44;1-6-8-10-11-12-13-14-15-16-19-27-40-29-31-23-25-32(26-24-31)30-43-36(22-9-7-2)42-37-35(28-39(3,4)5)41-34-21-18-17-20-33(34)38(37)43;1-6-8-10-11-12-13-14-15-16-19-27-42(38(3,4)5)28-30-23-25-31(26-24-30)29-43-34(22-9-7-2)41-35-36(43)32-20-17-18-21-33(32)40-37(35)39/h18-19,21-22,24-27,41H,6-17,20,23,28-31H2,1-5H3;17-18,20-21,23-26,40H,6-16,19,22,27-30H2,1-5H3;17-18,20-21,23-26H,6-16,19,22,27-29H2,1-5H3,(H2,39,40). The van der Waals surface area contributed by atoms with E-state index in [9.17, 15) is 0 Å². The van der Waals surface area contributed by atoms with Gasteiger partial charge >= 0.3 is 0 Å². The lowest BCUT2D eigenvalue weighted by molar-refractivity contribution is 0.124. The highest BCUT2D eigenvalue weighted by Crippen LogP contribution is 2.37. The highest BCUT2D eigenvalue weighted by Gasteiger charge is 2.27. The average molecular weight is 1760 g/mol. The normalized spacial score (nSPS) is 12.2. The smallest absolute Gasteiger partial charge is 0.152 e. The predicted octanol–water partition coefficient (Wildman–Crippen LogP) is 31.6. The number of aromatic nitrogens is 9. The Morgan fingerprint density at radius 1 is 0.292 bits per heavy atom. The van der Waals surface area contributed by atoms with Crippen LogP contribution in [0.15, 0.2) is 146 Å². The van der Waals surface area contributed by atoms with E-state index in [0.29, 0.717) is 5.82 Å². The first-order valence-corrected chi connectivity index (χ1v) is 52.6. The number of rotatable bonds is 57. The van der Waals surface area contributed by atoms with Crippen LogP contribution in [0.1, 0.15) is 404 Å². The van der Waals surface area contributed by atoms with Crippen molar-refractivity contribution in [1.29, 1.82) is 0 Å². The van der Waals surface area contributed by atoms with E-state index < -0.39 is 0 Å². The van der Waals surface area contributed by atoms with Gasteiger partial charge in [-0.2, -0.15) is 0 Å². The van der Waals surface area contributed by atoms with Crippen LogP contribution in [0.25, 0.3) is 65.8 Å². The van der Waals surface area contributed by atoms with Crippen molar-refractivity contribution in [3.8, 4) is 0 Å². The van der Waals surface area contributed by atoms with Gasteiger partial charge in [0.2, 0.25) is 0 Å². The third-order valence-corrected chi connectivity index (χ3v) is 26.3. The molecule has 0 aliphatic rings. The van der Waals surface area contributed by atoms with Crippen molar-refractivity contribution in [2.24, 2.45) is 10.8 Å². The molecule has 0 amide bonds. The number of unbranched alkanes of at least 4 members (excludes halogenated alkanes) is 31. The van der Waals surface area contributed by atoms with Crippen LogP contribution in [-0.2, 0) is 71.4 Å². The minimum absolute atomic E-state index is 0.146. The zero-order valence-corrected chi connectivity index (χ0v) is 84.5. The Morgan fingerprint density at radius 2 is 0.569 bits per heavy atom. The quantitative estimate of drug-likeness (QED) is 0.0315. The Hall–Kier alpha value is -8.36. The van der Waals surface area contributed by atoms with E-state index in [-0.39, 0.29) is 16.4 Å². The minimum atomic E-state index is 0.146. The number of nitrogens with one attached hydrogen (secondary N) is 2. The molecule has 12 rings (SSSR count). The summed E-state index contributed by atoms with van der Waals surface area (Å²) < 4.78 is 7.35. The largest absolute Gasteiger partial charge is 0.382 e. The molecule has 0 spiro atoms. The van der Waals surface area contributed by atoms with E-state index in [0.717, 1.165) is 191 Å². The zero-order chi connectivity index (χ0) is 92.4. The Bertz CT molecular complexity index is 5200. The van der Waals surface area contributed by atoms with Gasteiger partial charge in [0.05, 0.1) is 44.5 Å². The molecule has 130 heavy (non-hydrogen) atoms. The molecule has 6 aromatic carbocycles. The van der Waals surface area contributed by atoms with Gasteiger partial charge in [-0.15, -0.1) is 0 Å². The first kappa shape index (κ1) is 104. The predicted molar refractivity (Wildman–Crippen MR) is 562 cm³/mol. The third kappa shape index (κ3) is 33.7. The fraction of sp³-hybridized carbons (Fsp3) is 0.590. The van der Waals surface area contributed by atoms with Gasteiger partial charge < -0.3 is 30.1 Å². The highest BCUT2D eigenvalue weighted by atomic mass is 15.2. The number of aryl methyl sites for hydroxylation is 3. The van der Waals surface area contributed by atoms with Crippen LogP contribution in [0.4, 0.5) is 5.82 Å². The first-order chi connectivity index (χ1) is 63.1. The summed E-state index contributed by atoms with van der Waals surface area (Å²) >= 11 is 0. The number of hydrogen-bond donors (Lipinski definition) is 3. The van der Waals surface area contributed by atoms with E-state index in [4.69, 9.17) is 30.7 Å². The van der Waals surface area contributed by atoms with Crippen LogP contribution in [0.2, 0.25) is 0 Å². The molecular formula is C117H175N13. The lowest BCUT2D eigenvalue weighted by Crippen LogP contribution is -2.41. The molecule has 0 radical (unpaired) electrons. The van der Waals surface area contributed by atoms with Crippen molar-refractivity contribution < 1.29 is 0 Å². The van der Waals surface area contributed by atoms with Crippen molar-refractivity contribution in [3.63, 3.8) is 0 Å². The molecule has 0 bridgehead atoms. The van der Waals surface area contributed by atoms with Crippen molar-refractivity contribution in [2.45, 2.75) is 418 Å². The third-order valence-electron chi connectivity index (χ3n) is 26.3. The molecule has 0 unspecified atom stereocenters. The van der Waals surface area contributed by atoms with E-state index >= 15 is 0 Å². The van der Waals surface area contributed by atoms with Gasteiger partial charge in [-0.1, -0.05) is 410 Å². The first-order valence-electron chi connectivity index (χ1n) is 52.6. The van der Waals surface area contributed by atoms with Crippen LogP contribution in [0.5, 0.6) is 0 Å². The molecule has 6 aromatic heterocycles. The second kappa shape index (κ2) is 55.3. The van der Waals surface area contributed by atoms with Gasteiger partial charge in [-0.3, -0.25) is 14.9 Å². The number of nitrogen functional groups attached to an aromatic ring is 1. The van der Waals surface area contributed by atoms with Gasteiger partial charge in [0.1, 0.15) is 34.0 Å². The summed E-state index contributed by atoms with van der Waals surface area (Å²) in [6.45, 7) is 43.1. The van der Waals surface area contributed by atoms with Gasteiger partial charge in [0, 0.05) is 80.2 Å². The number of nitrogens with zero attached hydrogens (tertiary/aromatic N) is 10. The number of anilines is 1. The minimum Gasteiger partial charge on any atom is -0.382 e. The van der Waals surface area contributed by atoms with E-state index in [2.05, 4.69) is 272 Å². The molecule has 13 heteroatoms. The van der Waals surface area contributed by atoms with E-state index in [1.54, 1.807) is 0 Å². The summed E-state index contributed by atoms with van der Waals surface area (Å²) in [6.07, 6.45) is 54.6. The van der Waals surface area contributed by atoms with Crippen molar-refractivity contribution in [3.05, 3.63) is 208 Å². The zero-order valence-electron chi connectivity index (χ0n) is 84.5. The summed E-state index contributed by atoms with van der Waals surface area (Å²) in [6, 6.07) is 53.2. The highest BCUT2D eigenvalue weighted by molar-refractivity contribution is 6.07. The summed E-state index contributed by atoms with van der Waals surface area (Å²) in [5.74, 6) is 3.99. The Balaban J connectivity index is 0.000000203. The Kier molecular flexibility index (Phi) is 44.2. The van der Waals surface area contributed by atoms with Crippen molar-refractivity contribution in [1.82, 2.24) is 59.1 Å². The number of nitrogens with two attached hydrogens (primary N) is 1. The number of hydrogen-bond acceptors (Lipinski definition) is 10. The maximum absolute atomic E-state index is 6.42. The van der Waals surface area contributed by atoms with Gasteiger partial charge in [-0.25, -0.2) is 19.9 Å². The van der Waals surface area contributed by atoms with Crippen LogP contribution < -0.4 is 16.4 Å². The number of benzene rings is 6. The second-order valence-corrected chi connectivity index (χ2v) is 41.7. The molecule has 4 N–H and O–H groups in total. The van der Waals surface area contributed by atoms with Gasteiger partial charge in [0.25, 0.3) is 0 Å². The average Bonchev–Trinajstić information content (AvgIpc) is 1.67. The van der Waals surface area contributed by atoms with E-state index in [1.165, 1.54) is 266 Å². The number of pyridine rings is 3. The molecule has 0 aliphatic carbocycles. The molecule has 0 atom stereocenters. The fourth-order valence-corrected chi connectivity index (χ4v) is 18.7. The molecule has 0 saturated heterocycles. The SMILES string of the molecule is CCCCCCCCCCCCCNCc1ccc(Cn2c(CCCC)nc3c(CC(C)(C)C)nc4ccccc4c32)cc1.CCCCCCCCCCCCN(Cc1ccc(Cn2c(CCCC)nc3c(N)nc4ccccc4c32)cc1)C(C)(C)C.CCCCCCCCCCCCNCc1ccc(Cn2c(CCCC)nc3c(CC(C)(C)C)nc4ccccc4c32)cc1. The molecule has 0 saturated carbocycles. The number of para-hydroxylation sites is 3. The second-order valence-electron chi connectivity index (χ2n) is 41.7. The van der Waals surface area contributed by atoms with E-state index in [1.807, 2.05) is 12.1 Å². The van der Waals surface area contributed by atoms with Crippen LogP contribution in [0.3, 0.4) is 0 Å². The summed E-state index contributed by atoms with van der Waals surface area (Å²) in [5.41, 5.74) is 26.8. The van der Waals surface area contributed by atoms with Crippen LogP contribution in [-0.4, -0.2) is 73.7 Å². The maximum Gasteiger partial charge on any atom is 0.152 e. The van der Waals surface area contributed by atoms with Crippen molar-refractivity contribution in [2.75, 3.05) is 25.4 Å². The van der Waals surface area contributed by atoms with Crippen LogP contribution >= 0.6 is 0 Å². The van der Waals surface area contributed by atoms with Gasteiger partial charge in [-0.05, 0) is 154 Å². The molecule has 13 nitrogen and oxygen atoms in total.